The minimum Gasteiger partial charge on any atom is -0.478 e. The second-order valence-electron chi connectivity index (χ2n) is 18.8. The van der Waals surface area contributed by atoms with Gasteiger partial charge in [-0.2, -0.15) is 0 Å². The molecule has 1 unspecified atom stereocenters. The van der Waals surface area contributed by atoms with Crippen LogP contribution in [0.25, 0.3) is 0 Å². The largest absolute Gasteiger partial charge is 0.478 e. The molecule has 8 nitrogen and oxygen atoms in total. The molecule has 0 saturated heterocycles. The van der Waals surface area contributed by atoms with E-state index in [0.29, 0.717) is 37.9 Å². The third-order valence-electron chi connectivity index (χ3n) is 13.3. The number of fused-ring (bicyclic) bond motifs is 2. The fourth-order valence-corrected chi connectivity index (χ4v) is 9.63. The number of hydrogen-bond acceptors (Lipinski definition) is 7. The van der Waals surface area contributed by atoms with Crippen LogP contribution in [0.5, 0.6) is 11.5 Å². The second-order valence-corrected chi connectivity index (χ2v) is 18.8. The summed E-state index contributed by atoms with van der Waals surface area (Å²) in [6, 6.07) is 18.7. The number of allylic oxidation sites excluding steroid dienone is 4. The fourth-order valence-electron chi connectivity index (χ4n) is 9.63. The van der Waals surface area contributed by atoms with Crippen molar-refractivity contribution in [1.29, 1.82) is 0 Å². The van der Waals surface area contributed by atoms with Crippen LogP contribution in [0.1, 0.15) is 192 Å². The molecule has 0 spiro atoms. The van der Waals surface area contributed by atoms with Gasteiger partial charge in [0.25, 0.3) is 0 Å². The molecule has 0 radical (unpaired) electrons. The molecule has 6 rings (SSSR count). The van der Waals surface area contributed by atoms with E-state index in [0.717, 1.165) is 79.5 Å². The van der Waals surface area contributed by atoms with Gasteiger partial charge >= 0.3 is 5.97 Å². The molecular weight excluding hydrogens is 809 g/mol. The molecule has 2 aliphatic rings. The van der Waals surface area contributed by atoms with E-state index in [9.17, 15) is 9.90 Å². The van der Waals surface area contributed by atoms with Gasteiger partial charge in [0.1, 0.15) is 42.0 Å². The number of carbonyl (C=O) groups is 1. The number of nitrogens with zero attached hydrogens (tertiary/aromatic N) is 2. The number of carboxylic acids is 1. The molecule has 2 aromatic carbocycles. The molecule has 8 heteroatoms. The van der Waals surface area contributed by atoms with Gasteiger partial charge in [-0.1, -0.05) is 133 Å². The van der Waals surface area contributed by atoms with E-state index in [1.54, 1.807) is 12.5 Å². The molecule has 0 saturated carbocycles. The average molecular weight is 889 g/mol. The van der Waals surface area contributed by atoms with Crippen molar-refractivity contribution in [3.8, 4) is 11.5 Å². The molecule has 4 aromatic rings. The van der Waals surface area contributed by atoms with Gasteiger partial charge in [-0.25, -0.2) is 4.79 Å². The van der Waals surface area contributed by atoms with Crippen LogP contribution in [0.4, 0.5) is 0 Å². The van der Waals surface area contributed by atoms with Crippen LogP contribution in [0, 0.1) is 5.92 Å². The summed E-state index contributed by atoms with van der Waals surface area (Å²) in [4.78, 5) is 16.7. The molecule has 4 heterocycles. The molecule has 1 N–H and O–H groups in total. The lowest BCUT2D eigenvalue weighted by Crippen LogP contribution is -2.32. The Kier molecular flexibility index (Phi) is 22.4. The number of ether oxygens (including phenoxy) is 2. The van der Waals surface area contributed by atoms with Crippen molar-refractivity contribution in [2.45, 2.75) is 187 Å². The first-order valence-corrected chi connectivity index (χ1v) is 25.6. The number of furan rings is 2. The summed E-state index contributed by atoms with van der Waals surface area (Å²) < 4.78 is 23.2. The lowest BCUT2D eigenvalue weighted by atomic mass is 9.89. The van der Waals surface area contributed by atoms with Crippen LogP contribution in [0.15, 0.2) is 100 Å². The number of aromatic carboxylic acids is 1. The smallest absolute Gasteiger partial charge is 0.339 e. The van der Waals surface area contributed by atoms with E-state index in [1.807, 2.05) is 36.4 Å². The number of aryl methyl sites for hydroxylation is 2. The standard InChI is InChI=1S/C57H80N2O6/c1-2-3-4-5-6-12-15-18-21-27-47(29-24-30-48-34-35-50-41-58(45-64-54(50)40-48)43-52-32-25-38-62-52)28-22-19-16-13-10-8-7-9-11-14-17-20-23-31-49-36-37-51-42-59(44-53-33-26-39-63-53)46-65-56(51)55(49)57(60)61/h7-8,12,15,25-26,32-40,47H,2-6,9-11,13-14,16-24,27-31,41-46H2,1H3,(H,60,61)/b8-7-,15-12-. The maximum absolute atomic E-state index is 12.3. The SMILES string of the molecule is CCCCCC/C=C\CCCC(CCCCCC/C=C\CCCCCCCc1ccc2c(c1C(=O)O)OCN(Cc1ccco1)C2)CCCc1ccc2c(c1)OCN(Cc1ccco1)C2. The number of carboxylic acid groups (broad SMARTS) is 1. The normalized spacial score (nSPS) is 14.7. The molecule has 2 aliphatic heterocycles. The fraction of sp³-hybridized carbons (Fsp3) is 0.561. The Labute approximate surface area is 391 Å². The Hall–Kier alpha value is -4.53. The van der Waals surface area contributed by atoms with Crippen molar-refractivity contribution in [2.75, 3.05) is 13.5 Å². The molecule has 0 bridgehead atoms. The van der Waals surface area contributed by atoms with Crippen LogP contribution in [0.3, 0.4) is 0 Å². The van der Waals surface area contributed by atoms with E-state index in [-0.39, 0.29) is 0 Å². The number of hydrogen-bond donors (Lipinski definition) is 1. The molecule has 1 atom stereocenters. The van der Waals surface area contributed by atoms with Crippen molar-refractivity contribution in [3.63, 3.8) is 0 Å². The third kappa shape index (κ3) is 18.0. The highest BCUT2D eigenvalue weighted by Crippen LogP contribution is 2.34. The summed E-state index contributed by atoms with van der Waals surface area (Å²) in [6.07, 6.45) is 42.9. The van der Waals surface area contributed by atoms with Crippen molar-refractivity contribution < 1.29 is 28.2 Å². The van der Waals surface area contributed by atoms with Gasteiger partial charge in [0, 0.05) is 24.2 Å². The topological polar surface area (TPSA) is 88.5 Å². The Morgan fingerprint density at radius 1 is 0.615 bits per heavy atom. The molecule has 354 valence electrons. The quantitative estimate of drug-likeness (QED) is 0.0374. The number of unbranched alkanes of at least 4 members (excludes halogenated alkanes) is 14. The minimum atomic E-state index is -0.898. The highest BCUT2D eigenvalue weighted by atomic mass is 16.5. The van der Waals surface area contributed by atoms with Gasteiger partial charge in [-0.05, 0) is 124 Å². The van der Waals surface area contributed by atoms with Gasteiger partial charge in [-0.3, -0.25) is 9.80 Å². The summed E-state index contributed by atoms with van der Waals surface area (Å²) in [5.74, 6) is 3.37. The van der Waals surface area contributed by atoms with Crippen molar-refractivity contribution in [3.05, 3.63) is 131 Å². The molecule has 0 aliphatic carbocycles. The number of rotatable bonds is 33. The first-order valence-electron chi connectivity index (χ1n) is 25.6. The highest BCUT2D eigenvalue weighted by Gasteiger charge is 2.26. The zero-order valence-electron chi connectivity index (χ0n) is 39.8. The van der Waals surface area contributed by atoms with E-state index < -0.39 is 5.97 Å². The second kappa shape index (κ2) is 29.2. The summed E-state index contributed by atoms with van der Waals surface area (Å²) >= 11 is 0. The van der Waals surface area contributed by atoms with E-state index in [4.69, 9.17) is 18.3 Å². The molecule has 0 fully saturated rings. The van der Waals surface area contributed by atoms with Crippen LogP contribution >= 0.6 is 0 Å². The maximum atomic E-state index is 12.3. The first kappa shape index (κ1) is 49.9. The van der Waals surface area contributed by atoms with Gasteiger partial charge in [-0.15, -0.1) is 0 Å². The van der Waals surface area contributed by atoms with Gasteiger partial charge in [0.05, 0.1) is 25.6 Å². The lowest BCUT2D eigenvalue weighted by Gasteiger charge is -2.29. The van der Waals surface area contributed by atoms with Crippen LogP contribution in [-0.4, -0.2) is 34.3 Å². The molecular formula is C57H80N2O6. The lowest BCUT2D eigenvalue weighted by molar-refractivity contribution is 0.0646. The molecule has 0 amide bonds. The first-order chi connectivity index (χ1) is 32.1. The van der Waals surface area contributed by atoms with Gasteiger partial charge < -0.3 is 23.4 Å². The Balaban J connectivity index is 0.808. The summed E-state index contributed by atoms with van der Waals surface area (Å²) in [7, 11) is 0. The minimum absolute atomic E-state index is 0.344. The average Bonchev–Trinajstić information content (AvgIpc) is 4.04. The zero-order chi connectivity index (χ0) is 45.2. The van der Waals surface area contributed by atoms with E-state index in [1.165, 1.54) is 133 Å². The molecule has 2 aromatic heterocycles. The third-order valence-corrected chi connectivity index (χ3v) is 13.3. The van der Waals surface area contributed by atoms with Crippen LogP contribution < -0.4 is 9.47 Å². The maximum Gasteiger partial charge on any atom is 0.339 e. The zero-order valence-corrected chi connectivity index (χ0v) is 39.8. The summed E-state index contributed by atoms with van der Waals surface area (Å²) in [5.41, 5.74) is 4.83. The van der Waals surface area contributed by atoms with Crippen molar-refractivity contribution >= 4 is 5.97 Å². The van der Waals surface area contributed by atoms with Crippen LogP contribution in [-0.2, 0) is 39.0 Å². The number of benzene rings is 2. The summed E-state index contributed by atoms with van der Waals surface area (Å²) in [5, 5.41) is 10.1. The van der Waals surface area contributed by atoms with E-state index >= 15 is 0 Å². The Bertz CT molecular complexity index is 1970. The Morgan fingerprint density at radius 3 is 1.85 bits per heavy atom. The van der Waals surface area contributed by atoms with Crippen molar-refractivity contribution in [1.82, 2.24) is 9.80 Å². The Morgan fingerprint density at radius 2 is 1.18 bits per heavy atom. The van der Waals surface area contributed by atoms with Crippen molar-refractivity contribution in [2.24, 2.45) is 5.92 Å². The predicted octanol–water partition coefficient (Wildman–Crippen LogP) is 15.4. The van der Waals surface area contributed by atoms with Crippen LogP contribution in [0.2, 0.25) is 0 Å². The van der Waals surface area contributed by atoms with Gasteiger partial charge in [0.15, 0.2) is 0 Å². The monoisotopic (exact) mass is 889 g/mol. The highest BCUT2D eigenvalue weighted by molar-refractivity contribution is 5.93. The van der Waals surface area contributed by atoms with Gasteiger partial charge in [0.2, 0.25) is 0 Å². The predicted molar refractivity (Wildman–Crippen MR) is 263 cm³/mol. The summed E-state index contributed by atoms with van der Waals surface area (Å²) in [6.45, 7) is 6.20. The molecule has 65 heavy (non-hydrogen) atoms. The van der Waals surface area contributed by atoms with E-state index in [2.05, 4.69) is 59.2 Å².